The number of nitrogens with one attached hydrogen (secondary N) is 1. The number of rotatable bonds is 12. The minimum atomic E-state index is -3.90. The average Bonchev–Trinajstić information content (AvgIpc) is 2.96. The third-order valence-corrected chi connectivity index (χ3v) is 7.93. The van der Waals surface area contributed by atoms with Gasteiger partial charge in [-0.1, -0.05) is 61.0 Å². The van der Waals surface area contributed by atoms with Gasteiger partial charge in [0.2, 0.25) is 21.8 Å². The number of hydrogen-bond acceptors (Lipinski definition) is 6. The minimum absolute atomic E-state index is 0.0508. The summed E-state index contributed by atoms with van der Waals surface area (Å²) >= 11 is 6.24. The standard InChI is InChI=1S/C30H34ClN3O6S/c1-3-14-32-30(36)26(18-22-8-5-4-6-9-22)33(20-23-10-7-11-24(31)17-23)29(35)21-34(41(2,37)38)25-12-13-27-28(19-25)40-16-15-39-27/h4-13,17,19,26H,3,14-16,18,20-21H2,1-2H3,(H,32,36). The number of ether oxygens (including phenoxy) is 2. The first-order chi connectivity index (χ1) is 19.7. The number of sulfonamides is 1. The van der Waals surface area contributed by atoms with E-state index < -0.39 is 28.5 Å². The van der Waals surface area contributed by atoms with Gasteiger partial charge in [0, 0.05) is 30.6 Å². The molecule has 1 aliphatic heterocycles. The third kappa shape index (κ3) is 8.14. The maximum absolute atomic E-state index is 14.1. The molecule has 9 nitrogen and oxygen atoms in total. The molecule has 0 bridgehead atoms. The number of halogens is 1. The Hall–Kier alpha value is -3.76. The highest BCUT2D eigenvalue weighted by atomic mass is 35.5. The molecule has 41 heavy (non-hydrogen) atoms. The Labute approximate surface area is 246 Å². The molecule has 3 aromatic rings. The van der Waals surface area contributed by atoms with Crippen molar-refractivity contribution in [1.29, 1.82) is 0 Å². The monoisotopic (exact) mass is 599 g/mol. The van der Waals surface area contributed by atoms with E-state index in [1.165, 1.54) is 4.90 Å². The fourth-order valence-electron chi connectivity index (χ4n) is 4.55. The molecule has 1 aliphatic rings. The quantitative estimate of drug-likeness (QED) is 0.337. The fraction of sp³-hybridized carbons (Fsp3) is 0.333. The lowest BCUT2D eigenvalue weighted by molar-refractivity contribution is -0.140. The summed E-state index contributed by atoms with van der Waals surface area (Å²) in [6, 6.07) is 20.2. The van der Waals surface area contributed by atoms with E-state index >= 15 is 0 Å². The molecule has 0 fully saturated rings. The molecule has 1 heterocycles. The third-order valence-electron chi connectivity index (χ3n) is 6.56. The van der Waals surface area contributed by atoms with E-state index in [-0.39, 0.29) is 24.6 Å². The number of carbonyl (C=O) groups is 2. The van der Waals surface area contributed by atoms with Gasteiger partial charge in [0.25, 0.3) is 0 Å². The second kappa shape index (κ2) is 13.7. The Morgan fingerprint density at radius 1 is 0.951 bits per heavy atom. The van der Waals surface area contributed by atoms with Crippen molar-refractivity contribution in [1.82, 2.24) is 10.2 Å². The first-order valence-electron chi connectivity index (χ1n) is 13.4. The number of fused-ring (bicyclic) bond motifs is 1. The van der Waals surface area contributed by atoms with Crippen LogP contribution in [0.4, 0.5) is 5.69 Å². The van der Waals surface area contributed by atoms with Crippen molar-refractivity contribution < 1.29 is 27.5 Å². The maximum atomic E-state index is 14.1. The summed E-state index contributed by atoms with van der Waals surface area (Å²) in [6.45, 7) is 2.63. The highest BCUT2D eigenvalue weighted by Crippen LogP contribution is 2.34. The van der Waals surface area contributed by atoms with E-state index in [0.29, 0.717) is 41.8 Å². The summed E-state index contributed by atoms with van der Waals surface area (Å²) in [5.74, 6) is 0.0265. The zero-order valence-corrected chi connectivity index (χ0v) is 24.7. The second-order valence-electron chi connectivity index (χ2n) is 9.75. The molecule has 0 saturated heterocycles. The Morgan fingerprint density at radius 2 is 1.66 bits per heavy atom. The molecule has 0 aromatic heterocycles. The SMILES string of the molecule is CCCNC(=O)C(Cc1ccccc1)N(Cc1cccc(Cl)c1)C(=O)CN(c1ccc2c(c1)OCCO2)S(C)(=O)=O. The summed E-state index contributed by atoms with van der Waals surface area (Å²) in [4.78, 5) is 29.1. The summed E-state index contributed by atoms with van der Waals surface area (Å²) < 4.78 is 38.2. The summed E-state index contributed by atoms with van der Waals surface area (Å²) in [7, 11) is -3.90. The van der Waals surface area contributed by atoms with Gasteiger partial charge >= 0.3 is 0 Å². The van der Waals surface area contributed by atoms with Gasteiger partial charge in [0.05, 0.1) is 11.9 Å². The fourth-order valence-corrected chi connectivity index (χ4v) is 5.61. The van der Waals surface area contributed by atoms with Crippen molar-refractivity contribution >= 4 is 39.1 Å². The van der Waals surface area contributed by atoms with Gasteiger partial charge in [-0.25, -0.2) is 8.42 Å². The Balaban J connectivity index is 1.72. The van der Waals surface area contributed by atoms with Gasteiger partial charge in [-0.15, -0.1) is 0 Å². The van der Waals surface area contributed by atoms with Crippen LogP contribution in [0.2, 0.25) is 5.02 Å². The van der Waals surface area contributed by atoms with Crippen LogP contribution in [0.1, 0.15) is 24.5 Å². The van der Waals surface area contributed by atoms with Crippen LogP contribution in [0.15, 0.2) is 72.8 Å². The lowest BCUT2D eigenvalue weighted by Gasteiger charge is -2.33. The van der Waals surface area contributed by atoms with E-state index in [2.05, 4.69) is 5.32 Å². The predicted octanol–water partition coefficient (Wildman–Crippen LogP) is 4.04. The molecule has 2 amide bonds. The molecular weight excluding hydrogens is 566 g/mol. The van der Waals surface area contributed by atoms with Crippen molar-refractivity contribution in [3.8, 4) is 11.5 Å². The van der Waals surface area contributed by atoms with Gasteiger partial charge in [-0.3, -0.25) is 13.9 Å². The van der Waals surface area contributed by atoms with Crippen LogP contribution in [0, 0.1) is 0 Å². The number of carbonyl (C=O) groups excluding carboxylic acids is 2. The highest BCUT2D eigenvalue weighted by molar-refractivity contribution is 7.92. The molecule has 1 N–H and O–H groups in total. The second-order valence-corrected chi connectivity index (χ2v) is 12.1. The number of nitrogens with zero attached hydrogens (tertiary/aromatic N) is 2. The highest BCUT2D eigenvalue weighted by Gasteiger charge is 2.33. The van der Waals surface area contributed by atoms with E-state index in [1.807, 2.05) is 43.3 Å². The van der Waals surface area contributed by atoms with Crippen LogP contribution in [-0.2, 0) is 32.6 Å². The first kappa shape index (κ1) is 30.2. The number of amides is 2. The number of anilines is 1. The van der Waals surface area contributed by atoms with E-state index in [1.54, 1.807) is 36.4 Å². The molecule has 4 rings (SSSR count). The van der Waals surface area contributed by atoms with Crippen molar-refractivity contribution in [2.45, 2.75) is 32.4 Å². The van der Waals surface area contributed by atoms with Crippen LogP contribution in [0.5, 0.6) is 11.5 Å². The lowest BCUT2D eigenvalue weighted by atomic mass is 10.0. The van der Waals surface area contributed by atoms with Gasteiger partial charge in [0.1, 0.15) is 25.8 Å². The molecular formula is C30H34ClN3O6S. The number of benzene rings is 3. The van der Waals surface area contributed by atoms with Crippen molar-refractivity contribution in [2.75, 3.05) is 36.9 Å². The Bertz CT molecular complexity index is 1470. The molecule has 3 aromatic carbocycles. The van der Waals surface area contributed by atoms with Gasteiger partial charge in [-0.05, 0) is 41.8 Å². The smallest absolute Gasteiger partial charge is 0.244 e. The molecule has 0 spiro atoms. The maximum Gasteiger partial charge on any atom is 0.244 e. The molecule has 1 unspecified atom stereocenters. The van der Waals surface area contributed by atoms with E-state index in [9.17, 15) is 18.0 Å². The average molecular weight is 600 g/mol. The minimum Gasteiger partial charge on any atom is -0.486 e. The van der Waals surface area contributed by atoms with Crippen LogP contribution >= 0.6 is 11.6 Å². The molecule has 1 atom stereocenters. The van der Waals surface area contributed by atoms with E-state index in [0.717, 1.165) is 22.5 Å². The van der Waals surface area contributed by atoms with E-state index in [4.69, 9.17) is 21.1 Å². The topological polar surface area (TPSA) is 105 Å². The molecule has 0 saturated carbocycles. The Morgan fingerprint density at radius 3 is 2.34 bits per heavy atom. The van der Waals surface area contributed by atoms with Crippen molar-refractivity contribution in [3.63, 3.8) is 0 Å². The summed E-state index contributed by atoms with van der Waals surface area (Å²) in [5.41, 5.74) is 1.82. The molecule has 11 heteroatoms. The van der Waals surface area contributed by atoms with Crippen LogP contribution < -0.4 is 19.1 Å². The largest absolute Gasteiger partial charge is 0.486 e. The predicted molar refractivity (Wildman–Crippen MR) is 159 cm³/mol. The van der Waals surface area contributed by atoms with Crippen molar-refractivity contribution in [3.05, 3.63) is 88.9 Å². The van der Waals surface area contributed by atoms with Gasteiger partial charge < -0.3 is 19.7 Å². The van der Waals surface area contributed by atoms with Crippen LogP contribution in [0.25, 0.3) is 0 Å². The van der Waals surface area contributed by atoms with Gasteiger partial charge in [0.15, 0.2) is 11.5 Å². The molecule has 218 valence electrons. The lowest BCUT2D eigenvalue weighted by Crippen LogP contribution is -2.53. The molecule has 0 aliphatic carbocycles. The van der Waals surface area contributed by atoms with Gasteiger partial charge in [-0.2, -0.15) is 0 Å². The number of hydrogen-bond donors (Lipinski definition) is 1. The Kier molecular flexibility index (Phi) is 10.1. The summed E-state index contributed by atoms with van der Waals surface area (Å²) in [5, 5.41) is 3.40. The zero-order valence-electron chi connectivity index (χ0n) is 23.1. The molecule has 0 radical (unpaired) electrons. The van der Waals surface area contributed by atoms with Crippen molar-refractivity contribution in [2.24, 2.45) is 0 Å². The van der Waals surface area contributed by atoms with Crippen LogP contribution in [-0.4, -0.2) is 63.7 Å². The first-order valence-corrected chi connectivity index (χ1v) is 15.6. The zero-order chi connectivity index (χ0) is 29.4. The normalized spacial score (nSPS) is 13.2. The van der Waals surface area contributed by atoms with Crippen LogP contribution in [0.3, 0.4) is 0 Å². The summed E-state index contributed by atoms with van der Waals surface area (Å²) in [6.07, 6.45) is 2.00.